The van der Waals surface area contributed by atoms with Gasteiger partial charge in [-0.2, -0.15) is 0 Å². The van der Waals surface area contributed by atoms with Crippen molar-refractivity contribution in [2.75, 3.05) is 13.1 Å². The first-order valence-corrected chi connectivity index (χ1v) is 7.53. The van der Waals surface area contributed by atoms with Crippen LogP contribution in [0.25, 0.3) is 0 Å². The van der Waals surface area contributed by atoms with Crippen molar-refractivity contribution in [3.63, 3.8) is 0 Å². The Morgan fingerprint density at radius 1 is 1.23 bits per heavy atom. The summed E-state index contributed by atoms with van der Waals surface area (Å²) in [5.74, 6) is -0.522. The normalized spacial score (nSPS) is 18.1. The number of nitrogens with zero attached hydrogens (tertiary/aromatic N) is 1. The minimum Gasteiger partial charge on any atom is -0.461 e. The number of likely N-dealkylation sites (tertiary alicyclic amines) is 1. The van der Waals surface area contributed by atoms with Crippen LogP contribution >= 0.6 is 0 Å². The van der Waals surface area contributed by atoms with Crippen molar-refractivity contribution in [3.05, 3.63) is 35.9 Å². The molecular weight excluding hydrogens is 282 g/mol. The zero-order valence-corrected chi connectivity index (χ0v) is 13.4. The van der Waals surface area contributed by atoms with Crippen LogP contribution in [0.15, 0.2) is 30.3 Å². The maximum Gasteiger partial charge on any atom is 0.410 e. The maximum atomic E-state index is 12.1. The second kappa shape index (κ2) is 6.81. The summed E-state index contributed by atoms with van der Waals surface area (Å²) < 4.78 is 10.6. The van der Waals surface area contributed by atoms with Gasteiger partial charge in [-0.25, -0.2) is 4.79 Å². The average Bonchev–Trinajstić information content (AvgIpc) is 2.94. The largest absolute Gasteiger partial charge is 0.461 e. The molecule has 1 saturated heterocycles. The summed E-state index contributed by atoms with van der Waals surface area (Å²) in [5.41, 5.74) is 0.432. The third kappa shape index (κ3) is 4.76. The van der Waals surface area contributed by atoms with E-state index in [9.17, 15) is 9.59 Å². The Labute approximate surface area is 131 Å². The Morgan fingerprint density at radius 2 is 1.91 bits per heavy atom. The van der Waals surface area contributed by atoms with E-state index in [-0.39, 0.29) is 24.6 Å². The van der Waals surface area contributed by atoms with E-state index in [1.54, 1.807) is 4.90 Å². The van der Waals surface area contributed by atoms with E-state index in [4.69, 9.17) is 9.47 Å². The van der Waals surface area contributed by atoms with Gasteiger partial charge in [0.1, 0.15) is 12.2 Å². The van der Waals surface area contributed by atoms with E-state index in [0.29, 0.717) is 19.5 Å². The predicted molar refractivity (Wildman–Crippen MR) is 82.2 cm³/mol. The SMILES string of the molecule is CC(C)(C)OC(=O)N1CCC(C(=O)OCc2ccccc2)C1. The molecule has 0 aliphatic carbocycles. The number of benzene rings is 1. The van der Waals surface area contributed by atoms with Gasteiger partial charge in [-0.05, 0) is 32.8 Å². The molecule has 1 heterocycles. The van der Waals surface area contributed by atoms with Crippen molar-refractivity contribution < 1.29 is 19.1 Å². The fraction of sp³-hybridized carbons (Fsp3) is 0.529. The van der Waals surface area contributed by atoms with Crippen LogP contribution < -0.4 is 0 Å². The number of carbonyl (C=O) groups excluding carboxylic acids is 2. The summed E-state index contributed by atoms with van der Waals surface area (Å²) in [6.07, 6.45) is 0.248. The molecule has 0 aromatic heterocycles. The number of esters is 1. The average molecular weight is 305 g/mol. The monoisotopic (exact) mass is 305 g/mol. The molecule has 0 saturated carbocycles. The molecule has 1 atom stereocenters. The fourth-order valence-electron chi connectivity index (χ4n) is 2.29. The molecule has 1 aliphatic rings. The Bertz CT molecular complexity index is 521. The molecule has 0 N–H and O–H groups in total. The van der Waals surface area contributed by atoms with Crippen LogP contribution in [0, 0.1) is 5.92 Å². The minimum atomic E-state index is -0.525. The van der Waals surface area contributed by atoms with Crippen molar-refractivity contribution in [1.29, 1.82) is 0 Å². The molecule has 5 nitrogen and oxygen atoms in total. The highest BCUT2D eigenvalue weighted by molar-refractivity contribution is 5.75. The molecule has 0 spiro atoms. The first kappa shape index (κ1) is 16.3. The van der Waals surface area contributed by atoms with Gasteiger partial charge >= 0.3 is 12.1 Å². The van der Waals surface area contributed by atoms with E-state index in [1.807, 2.05) is 51.1 Å². The maximum absolute atomic E-state index is 12.1. The summed E-state index contributed by atoms with van der Waals surface area (Å²) in [4.78, 5) is 25.6. The molecule has 1 fully saturated rings. The van der Waals surface area contributed by atoms with Gasteiger partial charge in [0.2, 0.25) is 0 Å². The van der Waals surface area contributed by atoms with E-state index in [2.05, 4.69) is 0 Å². The van der Waals surface area contributed by atoms with Crippen molar-refractivity contribution in [2.24, 2.45) is 5.92 Å². The van der Waals surface area contributed by atoms with E-state index in [0.717, 1.165) is 5.56 Å². The van der Waals surface area contributed by atoms with Gasteiger partial charge in [0, 0.05) is 13.1 Å². The second-order valence-electron chi connectivity index (χ2n) is 6.51. The summed E-state index contributed by atoms with van der Waals surface area (Å²) in [6, 6.07) is 9.55. The summed E-state index contributed by atoms with van der Waals surface area (Å²) >= 11 is 0. The lowest BCUT2D eigenvalue weighted by Gasteiger charge is -2.24. The minimum absolute atomic E-state index is 0.255. The number of hydrogen-bond acceptors (Lipinski definition) is 4. The Hall–Kier alpha value is -2.04. The first-order chi connectivity index (χ1) is 10.3. The molecule has 22 heavy (non-hydrogen) atoms. The van der Waals surface area contributed by atoms with Crippen LogP contribution in [0.1, 0.15) is 32.8 Å². The highest BCUT2D eigenvalue weighted by Crippen LogP contribution is 2.21. The fourth-order valence-corrected chi connectivity index (χ4v) is 2.29. The predicted octanol–water partition coefficient (Wildman–Crippen LogP) is 2.99. The van der Waals surface area contributed by atoms with E-state index >= 15 is 0 Å². The molecule has 1 aromatic rings. The standard InChI is InChI=1S/C17H23NO4/c1-17(2,3)22-16(20)18-10-9-14(11-18)15(19)21-12-13-7-5-4-6-8-13/h4-8,14H,9-12H2,1-3H3. The van der Waals surface area contributed by atoms with Gasteiger partial charge in [0.25, 0.3) is 0 Å². The van der Waals surface area contributed by atoms with Gasteiger partial charge in [-0.3, -0.25) is 4.79 Å². The lowest BCUT2D eigenvalue weighted by molar-refractivity contribution is -0.149. The van der Waals surface area contributed by atoms with Crippen molar-refractivity contribution in [2.45, 2.75) is 39.4 Å². The Kier molecular flexibility index (Phi) is 5.06. The van der Waals surface area contributed by atoms with Crippen LogP contribution in [-0.2, 0) is 20.9 Å². The Balaban J connectivity index is 1.80. The third-order valence-electron chi connectivity index (χ3n) is 3.40. The molecule has 1 unspecified atom stereocenters. The second-order valence-corrected chi connectivity index (χ2v) is 6.51. The quantitative estimate of drug-likeness (QED) is 0.806. The third-order valence-corrected chi connectivity index (χ3v) is 3.40. The highest BCUT2D eigenvalue weighted by Gasteiger charge is 2.34. The lowest BCUT2D eigenvalue weighted by atomic mass is 10.1. The molecule has 2 rings (SSSR count). The number of rotatable bonds is 3. The van der Waals surface area contributed by atoms with Crippen LogP contribution in [0.3, 0.4) is 0 Å². The highest BCUT2D eigenvalue weighted by atomic mass is 16.6. The summed E-state index contributed by atoms with van der Waals surface area (Å²) in [5, 5.41) is 0. The van der Waals surface area contributed by atoms with Crippen molar-refractivity contribution in [1.82, 2.24) is 4.90 Å². The molecular formula is C17H23NO4. The number of ether oxygens (including phenoxy) is 2. The van der Waals surface area contributed by atoms with Gasteiger partial charge < -0.3 is 14.4 Å². The zero-order valence-electron chi connectivity index (χ0n) is 13.4. The van der Waals surface area contributed by atoms with E-state index in [1.165, 1.54) is 0 Å². The van der Waals surface area contributed by atoms with Gasteiger partial charge in [0.05, 0.1) is 5.92 Å². The smallest absolute Gasteiger partial charge is 0.410 e. The number of carbonyl (C=O) groups is 2. The van der Waals surface area contributed by atoms with Crippen LogP contribution in [0.2, 0.25) is 0 Å². The number of hydrogen-bond donors (Lipinski definition) is 0. The van der Waals surface area contributed by atoms with Crippen LogP contribution in [0.5, 0.6) is 0 Å². The van der Waals surface area contributed by atoms with Crippen molar-refractivity contribution >= 4 is 12.1 Å². The molecule has 5 heteroatoms. The molecule has 1 amide bonds. The molecule has 0 radical (unpaired) electrons. The van der Waals surface area contributed by atoms with Gasteiger partial charge in [-0.1, -0.05) is 30.3 Å². The van der Waals surface area contributed by atoms with Crippen LogP contribution in [-0.4, -0.2) is 35.7 Å². The zero-order chi connectivity index (χ0) is 16.2. The lowest BCUT2D eigenvalue weighted by Crippen LogP contribution is -2.36. The Morgan fingerprint density at radius 3 is 2.55 bits per heavy atom. The topological polar surface area (TPSA) is 55.8 Å². The molecule has 1 aliphatic heterocycles. The van der Waals surface area contributed by atoms with Crippen molar-refractivity contribution in [3.8, 4) is 0 Å². The van der Waals surface area contributed by atoms with Gasteiger partial charge in [0.15, 0.2) is 0 Å². The molecule has 1 aromatic carbocycles. The van der Waals surface area contributed by atoms with Gasteiger partial charge in [-0.15, -0.1) is 0 Å². The summed E-state index contributed by atoms with van der Waals surface area (Å²) in [7, 11) is 0. The van der Waals surface area contributed by atoms with Crippen LogP contribution in [0.4, 0.5) is 4.79 Å². The number of amides is 1. The first-order valence-electron chi connectivity index (χ1n) is 7.53. The molecule has 0 bridgehead atoms. The van der Waals surface area contributed by atoms with E-state index < -0.39 is 5.60 Å². The summed E-state index contributed by atoms with van der Waals surface area (Å²) in [6.45, 7) is 6.64. The molecule has 120 valence electrons.